The van der Waals surface area contributed by atoms with Crippen LogP contribution in [0, 0.1) is 0 Å². The Morgan fingerprint density at radius 2 is 1.07 bits per heavy atom. The number of rotatable bonds is 4. The van der Waals surface area contributed by atoms with Crippen molar-refractivity contribution in [3.05, 3.63) is 175 Å². The molecule has 1 aliphatic heterocycles. The Morgan fingerprint density at radius 1 is 0.455 bits per heavy atom. The van der Waals surface area contributed by atoms with E-state index in [4.69, 9.17) is 0 Å². The first kappa shape index (κ1) is 24.9. The third-order valence-corrected chi connectivity index (χ3v) is 9.32. The van der Waals surface area contributed by atoms with Gasteiger partial charge < -0.3 is 9.47 Å². The first-order valence-corrected chi connectivity index (χ1v) is 15.4. The van der Waals surface area contributed by atoms with Gasteiger partial charge in [-0.15, -0.1) is 0 Å². The van der Waals surface area contributed by atoms with Gasteiger partial charge in [0.15, 0.2) is 0 Å². The molecule has 2 heteroatoms. The summed E-state index contributed by atoms with van der Waals surface area (Å²) in [5, 5.41) is 2.54. The van der Waals surface area contributed by atoms with Gasteiger partial charge in [0, 0.05) is 33.8 Å². The first-order valence-electron chi connectivity index (χ1n) is 15.4. The Labute approximate surface area is 257 Å². The van der Waals surface area contributed by atoms with Crippen LogP contribution in [0.2, 0.25) is 0 Å². The van der Waals surface area contributed by atoms with Gasteiger partial charge in [-0.05, 0) is 82.4 Å². The Kier molecular flexibility index (Phi) is 5.67. The number of fused-ring (bicyclic) bond motifs is 6. The van der Waals surface area contributed by atoms with Gasteiger partial charge in [0.1, 0.15) is 0 Å². The fourth-order valence-electron chi connectivity index (χ4n) is 7.38. The van der Waals surface area contributed by atoms with Crippen molar-refractivity contribution in [2.45, 2.75) is 12.0 Å². The van der Waals surface area contributed by atoms with E-state index in [0.29, 0.717) is 5.92 Å². The van der Waals surface area contributed by atoms with E-state index in [0.717, 1.165) is 0 Å². The smallest absolute Gasteiger partial charge is 0.0629 e. The van der Waals surface area contributed by atoms with Crippen LogP contribution in [0.15, 0.2) is 170 Å². The van der Waals surface area contributed by atoms with Gasteiger partial charge in [0.2, 0.25) is 0 Å². The third-order valence-electron chi connectivity index (χ3n) is 9.32. The van der Waals surface area contributed by atoms with Crippen molar-refractivity contribution >= 4 is 33.2 Å². The maximum absolute atomic E-state index is 2.49. The second-order valence-electron chi connectivity index (χ2n) is 11.7. The van der Waals surface area contributed by atoms with E-state index < -0.39 is 0 Å². The zero-order valence-electron chi connectivity index (χ0n) is 24.2. The highest BCUT2D eigenvalue weighted by atomic mass is 15.2. The Bertz CT molecular complexity index is 2240. The molecule has 0 spiro atoms. The molecule has 9 rings (SSSR count). The highest BCUT2D eigenvalue weighted by molar-refractivity contribution is 6.10. The lowest BCUT2D eigenvalue weighted by Crippen LogP contribution is -2.28. The number of aromatic nitrogens is 1. The molecule has 0 fully saturated rings. The average molecular weight is 563 g/mol. The average Bonchev–Trinajstić information content (AvgIpc) is 3.61. The minimum atomic E-state index is 0.284. The fourth-order valence-corrected chi connectivity index (χ4v) is 7.38. The van der Waals surface area contributed by atoms with Gasteiger partial charge in [0.05, 0.1) is 17.1 Å². The minimum absolute atomic E-state index is 0.284. The van der Waals surface area contributed by atoms with Crippen molar-refractivity contribution < 1.29 is 0 Å². The minimum Gasteiger partial charge on any atom is -0.333 e. The van der Waals surface area contributed by atoms with Gasteiger partial charge in [0.25, 0.3) is 0 Å². The predicted octanol–water partition coefficient (Wildman–Crippen LogP) is 10.8. The summed E-state index contributed by atoms with van der Waals surface area (Å²) in [6.07, 6.45) is 9.08. The quantitative estimate of drug-likeness (QED) is 0.207. The van der Waals surface area contributed by atoms with Crippen molar-refractivity contribution in [3.63, 3.8) is 0 Å². The topological polar surface area (TPSA) is 8.17 Å². The van der Waals surface area contributed by atoms with Crippen molar-refractivity contribution in [3.8, 4) is 27.9 Å². The molecule has 1 aromatic heterocycles. The SMILES string of the molecule is C1=CC2c3cc(-c4ccccc4-c4ccc5c(c4)c4ccccc4n5-c4ccccc4)ccc3N(c3ccccc3)C2C=C1. The summed E-state index contributed by atoms with van der Waals surface area (Å²) < 4.78 is 2.38. The first-order chi connectivity index (χ1) is 21.8. The molecule has 0 N–H and O–H groups in total. The van der Waals surface area contributed by atoms with Gasteiger partial charge >= 0.3 is 0 Å². The number of anilines is 2. The van der Waals surface area contributed by atoms with Crippen LogP contribution >= 0.6 is 0 Å². The van der Waals surface area contributed by atoms with E-state index >= 15 is 0 Å². The lowest BCUT2D eigenvalue weighted by molar-refractivity contribution is 0.745. The molecule has 7 aromatic rings. The molecular weight excluding hydrogens is 532 g/mol. The normalized spacial score (nSPS) is 16.9. The number of allylic oxidation sites excluding steroid dienone is 2. The van der Waals surface area contributed by atoms with Crippen LogP contribution in [0.4, 0.5) is 11.4 Å². The summed E-state index contributed by atoms with van der Waals surface area (Å²) in [6.45, 7) is 0. The Hall–Kier alpha value is -5.60. The molecule has 2 unspecified atom stereocenters. The molecule has 2 heterocycles. The van der Waals surface area contributed by atoms with E-state index in [9.17, 15) is 0 Å². The highest BCUT2D eigenvalue weighted by Crippen LogP contribution is 2.49. The largest absolute Gasteiger partial charge is 0.333 e. The van der Waals surface area contributed by atoms with Crippen LogP contribution in [-0.2, 0) is 0 Å². The van der Waals surface area contributed by atoms with E-state index in [1.807, 2.05) is 0 Å². The van der Waals surface area contributed by atoms with Crippen molar-refractivity contribution in [2.24, 2.45) is 0 Å². The summed E-state index contributed by atoms with van der Waals surface area (Å²) in [6, 6.07) is 53.3. The van der Waals surface area contributed by atoms with E-state index in [1.54, 1.807) is 0 Å². The van der Waals surface area contributed by atoms with Crippen LogP contribution in [0.5, 0.6) is 0 Å². The maximum Gasteiger partial charge on any atom is 0.0629 e. The van der Waals surface area contributed by atoms with Crippen molar-refractivity contribution in [1.82, 2.24) is 4.57 Å². The number of hydrogen-bond donors (Lipinski definition) is 0. The Balaban J connectivity index is 1.19. The number of nitrogens with zero attached hydrogens (tertiary/aromatic N) is 2. The van der Waals surface area contributed by atoms with E-state index in [1.165, 1.54) is 66.7 Å². The van der Waals surface area contributed by atoms with Crippen LogP contribution in [-0.4, -0.2) is 10.6 Å². The molecule has 2 aliphatic rings. The molecule has 0 saturated carbocycles. The molecule has 44 heavy (non-hydrogen) atoms. The molecule has 2 nitrogen and oxygen atoms in total. The molecule has 6 aromatic carbocycles. The molecule has 0 amide bonds. The zero-order valence-corrected chi connectivity index (χ0v) is 24.2. The third kappa shape index (κ3) is 3.81. The van der Waals surface area contributed by atoms with Crippen LogP contribution in [0.1, 0.15) is 11.5 Å². The standard InChI is InChI=1S/C42H30N2/c1-3-13-31(14-4-1)43-39-21-11-9-19-35(39)37-27-29(23-25-41(37)43)33-17-7-8-18-34(33)30-24-26-42-38(28-30)36-20-10-12-22-40(36)44(42)32-15-5-2-6-16-32/h1-28,35,39H. The summed E-state index contributed by atoms with van der Waals surface area (Å²) in [4.78, 5) is 2.49. The lowest BCUT2D eigenvalue weighted by Gasteiger charge is -2.28. The number of benzene rings is 6. The molecule has 0 bridgehead atoms. The maximum atomic E-state index is 2.49. The van der Waals surface area contributed by atoms with Crippen molar-refractivity contribution in [1.29, 1.82) is 0 Å². The predicted molar refractivity (Wildman–Crippen MR) is 185 cm³/mol. The molecule has 0 radical (unpaired) electrons. The van der Waals surface area contributed by atoms with Crippen molar-refractivity contribution in [2.75, 3.05) is 4.90 Å². The second-order valence-corrected chi connectivity index (χ2v) is 11.7. The lowest BCUT2D eigenvalue weighted by atomic mass is 9.88. The molecule has 0 saturated heterocycles. The Morgan fingerprint density at radius 3 is 1.86 bits per heavy atom. The summed E-state index contributed by atoms with van der Waals surface area (Å²) in [7, 11) is 0. The second kappa shape index (κ2) is 10.00. The summed E-state index contributed by atoms with van der Waals surface area (Å²) in [5.74, 6) is 0.322. The highest BCUT2D eigenvalue weighted by Gasteiger charge is 2.37. The molecule has 2 atom stereocenters. The van der Waals surface area contributed by atoms with Gasteiger partial charge in [-0.1, -0.05) is 115 Å². The van der Waals surface area contributed by atoms with Crippen LogP contribution < -0.4 is 4.90 Å². The van der Waals surface area contributed by atoms with Crippen LogP contribution in [0.3, 0.4) is 0 Å². The number of hydrogen-bond acceptors (Lipinski definition) is 1. The molecular formula is C42H30N2. The van der Waals surface area contributed by atoms with Gasteiger partial charge in [-0.2, -0.15) is 0 Å². The van der Waals surface area contributed by atoms with Gasteiger partial charge in [-0.25, -0.2) is 0 Å². The van der Waals surface area contributed by atoms with E-state index in [2.05, 4.69) is 179 Å². The molecule has 208 valence electrons. The van der Waals surface area contributed by atoms with E-state index in [-0.39, 0.29) is 6.04 Å². The summed E-state index contributed by atoms with van der Waals surface area (Å²) >= 11 is 0. The summed E-state index contributed by atoms with van der Waals surface area (Å²) in [5.41, 5.74) is 12.5. The number of para-hydroxylation sites is 3. The molecule has 1 aliphatic carbocycles. The van der Waals surface area contributed by atoms with Gasteiger partial charge in [-0.3, -0.25) is 0 Å². The van der Waals surface area contributed by atoms with Crippen LogP contribution in [0.25, 0.3) is 49.7 Å². The monoisotopic (exact) mass is 562 g/mol. The zero-order chi connectivity index (χ0) is 29.0. The fraction of sp³-hybridized carbons (Fsp3) is 0.0476.